The molecule has 0 spiro atoms. The first kappa shape index (κ1) is 25.2. The van der Waals surface area contributed by atoms with Crippen molar-refractivity contribution in [2.45, 2.75) is 57.6 Å². The maximum Gasteiger partial charge on any atom is 0.409 e. The van der Waals surface area contributed by atoms with Gasteiger partial charge in [-0.2, -0.15) is 0 Å². The lowest BCUT2D eigenvalue weighted by Gasteiger charge is -2.47. The summed E-state index contributed by atoms with van der Waals surface area (Å²) in [6, 6.07) is 30.7. The van der Waals surface area contributed by atoms with Gasteiger partial charge in [-0.1, -0.05) is 112 Å². The van der Waals surface area contributed by atoms with Crippen molar-refractivity contribution in [1.29, 1.82) is 0 Å². The molecule has 1 N–H and O–H groups in total. The van der Waals surface area contributed by atoms with Crippen LogP contribution in [-0.2, 0) is 20.5 Å². The number of hydrogen-bond acceptors (Lipinski definition) is 4. The zero-order valence-electron chi connectivity index (χ0n) is 20.8. The summed E-state index contributed by atoms with van der Waals surface area (Å²) in [5.41, 5.74) is 0.937. The highest BCUT2D eigenvalue weighted by molar-refractivity contribution is 6.99. The molecule has 2 atom stereocenters. The largest absolute Gasteiger partial charge is 0.445 e. The summed E-state index contributed by atoms with van der Waals surface area (Å²) in [6.45, 7) is 7.53. The normalized spacial score (nSPS) is 18.6. The molecule has 1 fully saturated rings. The second kappa shape index (κ2) is 11.2. The summed E-state index contributed by atoms with van der Waals surface area (Å²) in [4.78, 5) is 12.7. The zero-order chi connectivity index (χ0) is 24.7. The average Bonchev–Trinajstić information content (AvgIpc) is 2.88. The highest BCUT2D eigenvalue weighted by Crippen LogP contribution is 2.38. The second-order valence-electron chi connectivity index (χ2n) is 9.96. The molecule has 184 valence electrons. The smallest absolute Gasteiger partial charge is 0.409 e. The van der Waals surface area contributed by atoms with E-state index in [0.29, 0.717) is 6.61 Å². The van der Waals surface area contributed by atoms with Crippen LogP contribution in [0.2, 0.25) is 5.04 Å². The fourth-order valence-electron chi connectivity index (χ4n) is 4.81. The maximum atomic E-state index is 12.7. The Morgan fingerprint density at radius 3 is 2.00 bits per heavy atom. The number of rotatable bonds is 7. The number of alkyl carbamates (subject to hydrolysis) is 1. The zero-order valence-corrected chi connectivity index (χ0v) is 21.8. The van der Waals surface area contributed by atoms with Crippen LogP contribution in [0, 0.1) is 0 Å². The summed E-state index contributed by atoms with van der Waals surface area (Å²) in [5, 5.41) is 5.18. The van der Waals surface area contributed by atoms with Crippen LogP contribution in [0.15, 0.2) is 91.0 Å². The molecule has 1 aliphatic heterocycles. The summed E-state index contributed by atoms with van der Waals surface area (Å²) in [7, 11) is -2.77. The first-order valence-electron chi connectivity index (χ1n) is 12.3. The third-order valence-electron chi connectivity index (χ3n) is 6.49. The third-order valence-corrected chi connectivity index (χ3v) is 11.5. The average molecular weight is 490 g/mol. The van der Waals surface area contributed by atoms with Gasteiger partial charge in [0.15, 0.2) is 6.23 Å². The lowest BCUT2D eigenvalue weighted by Crippen LogP contribution is -2.69. The van der Waals surface area contributed by atoms with Crippen molar-refractivity contribution < 1.29 is 18.7 Å². The highest BCUT2D eigenvalue weighted by Gasteiger charge is 2.52. The van der Waals surface area contributed by atoms with Gasteiger partial charge in [-0.15, -0.1) is 0 Å². The van der Waals surface area contributed by atoms with Gasteiger partial charge >= 0.3 is 6.09 Å². The number of carbonyl (C=O) groups excluding carboxylic acids is 1. The van der Waals surface area contributed by atoms with E-state index < -0.39 is 20.6 Å². The standard InChI is InChI=1S/C29H35NO4Si/c1-29(2,3)35(24-16-9-5-10-17-24,25-18-11-6-12-19-25)34-26-20-13-21-32-27(26)30-28(31)33-22-23-14-7-4-8-15-23/h4-12,14-19,26-27H,13,20-22H2,1-3H3,(H,30,31)/t26-,27-/m1/s1. The first-order chi connectivity index (χ1) is 16.9. The fourth-order valence-corrected chi connectivity index (χ4v) is 9.52. The minimum absolute atomic E-state index is 0.161. The molecule has 0 bridgehead atoms. The lowest BCUT2D eigenvalue weighted by atomic mass is 10.1. The van der Waals surface area contributed by atoms with E-state index in [1.807, 2.05) is 42.5 Å². The monoisotopic (exact) mass is 489 g/mol. The molecule has 35 heavy (non-hydrogen) atoms. The van der Waals surface area contributed by atoms with Gasteiger partial charge in [0.05, 0.1) is 6.10 Å². The van der Waals surface area contributed by atoms with E-state index in [2.05, 4.69) is 74.6 Å². The number of ether oxygens (including phenoxy) is 2. The molecular weight excluding hydrogens is 454 g/mol. The van der Waals surface area contributed by atoms with Crippen LogP contribution in [0.3, 0.4) is 0 Å². The van der Waals surface area contributed by atoms with Crippen LogP contribution < -0.4 is 15.7 Å². The van der Waals surface area contributed by atoms with Gasteiger partial charge in [0, 0.05) is 6.61 Å². The number of nitrogens with one attached hydrogen (secondary N) is 1. The summed E-state index contributed by atoms with van der Waals surface area (Å²) in [5.74, 6) is 0. The van der Waals surface area contributed by atoms with Crippen LogP contribution in [0.4, 0.5) is 4.79 Å². The van der Waals surface area contributed by atoms with E-state index in [4.69, 9.17) is 13.9 Å². The molecule has 1 amide bonds. The van der Waals surface area contributed by atoms with Gasteiger partial charge in [0.2, 0.25) is 0 Å². The van der Waals surface area contributed by atoms with Crippen molar-refractivity contribution in [3.8, 4) is 0 Å². The Labute approximate surface area is 209 Å². The Morgan fingerprint density at radius 1 is 0.914 bits per heavy atom. The Bertz CT molecular complexity index is 1030. The highest BCUT2D eigenvalue weighted by atomic mass is 28.4. The molecule has 3 aromatic rings. The van der Waals surface area contributed by atoms with Gasteiger partial charge in [-0.25, -0.2) is 4.79 Å². The summed E-state index contributed by atoms with van der Waals surface area (Å²) >= 11 is 0. The molecule has 0 radical (unpaired) electrons. The first-order valence-corrected chi connectivity index (χ1v) is 14.2. The van der Waals surface area contributed by atoms with E-state index >= 15 is 0 Å². The molecule has 0 aliphatic carbocycles. The lowest BCUT2D eigenvalue weighted by molar-refractivity contribution is -0.0803. The van der Waals surface area contributed by atoms with Gasteiger partial charge in [-0.05, 0) is 33.8 Å². The van der Waals surface area contributed by atoms with Crippen molar-refractivity contribution >= 4 is 24.8 Å². The van der Waals surface area contributed by atoms with E-state index in [0.717, 1.165) is 18.4 Å². The van der Waals surface area contributed by atoms with Crippen LogP contribution >= 0.6 is 0 Å². The van der Waals surface area contributed by atoms with Gasteiger partial charge in [0.25, 0.3) is 8.32 Å². The van der Waals surface area contributed by atoms with Gasteiger partial charge < -0.3 is 13.9 Å². The van der Waals surface area contributed by atoms with E-state index in [1.54, 1.807) is 0 Å². The third kappa shape index (κ3) is 5.84. The predicted octanol–water partition coefficient (Wildman–Crippen LogP) is 4.99. The molecule has 1 saturated heterocycles. The molecule has 5 nitrogen and oxygen atoms in total. The van der Waals surface area contributed by atoms with Crippen LogP contribution in [-0.4, -0.2) is 33.3 Å². The number of hydrogen-bond donors (Lipinski definition) is 1. The predicted molar refractivity (Wildman–Crippen MR) is 141 cm³/mol. The van der Waals surface area contributed by atoms with Gasteiger partial charge in [0.1, 0.15) is 6.61 Å². The number of benzene rings is 3. The molecule has 3 aromatic carbocycles. The van der Waals surface area contributed by atoms with Crippen molar-refractivity contribution in [1.82, 2.24) is 5.32 Å². The van der Waals surface area contributed by atoms with E-state index in [9.17, 15) is 4.79 Å². The van der Waals surface area contributed by atoms with Crippen molar-refractivity contribution in [3.05, 3.63) is 96.6 Å². The Balaban J connectivity index is 1.60. The van der Waals surface area contributed by atoms with Gasteiger partial charge in [-0.3, -0.25) is 5.32 Å². The fraction of sp³-hybridized carbons (Fsp3) is 0.345. The molecule has 0 unspecified atom stereocenters. The topological polar surface area (TPSA) is 56.8 Å². The second-order valence-corrected chi connectivity index (χ2v) is 14.2. The summed E-state index contributed by atoms with van der Waals surface area (Å²) < 4.78 is 18.7. The summed E-state index contributed by atoms with van der Waals surface area (Å²) in [6.07, 6.45) is 0.304. The Morgan fingerprint density at radius 2 is 1.46 bits per heavy atom. The molecule has 4 rings (SSSR count). The quantitative estimate of drug-likeness (QED) is 0.475. The molecule has 0 aromatic heterocycles. The van der Waals surface area contributed by atoms with Crippen molar-refractivity contribution in [2.75, 3.05) is 6.61 Å². The molecule has 1 heterocycles. The number of carbonyl (C=O) groups is 1. The number of amides is 1. The SMILES string of the molecule is CC(C)(C)[Si](O[C@@H]1CCCO[C@H]1NC(=O)OCc1ccccc1)(c1ccccc1)c1ccccc1. The minimum Gasteiger partial charge on any atom is -0.445 e. The Hall–Kier alpha value is -2.93. The Kier molecular flexibility index (Phi) is 8.06. The van der Waals surface area contributed by atoms with Crippen molar-refractivity contribution in [3.63, 3.8) is 0 Å². The van der Waals surface area contributed by atoms with Crippen LogP contribution in [0.1, 0.15) is 39.2 Å². The van der Waals surface area contributed by atoms with Crippen LogP contribution in [0.5, 0.6) is 0 Å². The van der Waals surface area contributed by atoms with Crippen LogP contribution in [0.25, 0.3) is 0 Å². The van der Waals surface area contributed by atoms with E-state index in [-0.39, 0.29) is 17.7 Å². The van der Waals surface area contributed by atoms with Crippen molar-refractivity contribution in [2.24, 2.45) is 0 Å². The molecular formula is C29H35NO4Si. The van der Waals surface area contributed by atoms with E-state index in [1.165, 1.54) is 10.4 Å². The minimum atomic E-state index is -2.77. The molecule has 0 saturated carbocycles. The molecule has 1 aliphatic rings. The molecule has 6 heteroatoms. The maximum absolute atomic E-state index is 12.7.